The number of hydrogen-bond acceptors (Lipinski definition) is 2. The molecule has 1 aromatic rings. The van der Waals surface area contributed by atoms with Gasteiger partial charge in [-0.05, 0) is 25.5 Å². The molecule has 8 heteroatoms. The van der Waals surface area contributed by atoms with Gasteiger partial charge in [0.1, 0.15) is 0 Å². The van der Waals surface area contributed by atoms with Crippen molar-refractivity contribution in [2.45, 2.75) is 19.5 Å². The number of para-hydroxylation sites is 1. The Hall–Kier alpha value is -2.25. The van der Waals surface area contributed by atoms with E-state index >= 15 is 0 Å². The predicted octanol–water partition coefficient (Wildman–Crippen LogP) is 3.03. The molecule has 0 radical (unpaired) electrons. The molecule has 1 atom stereocenters. The summed E-state index contributed by atoms with van der Waals surface area (Å²) in [5, 5.41) is 11.3. The number of halogens is 3. The van der Waals surface area contributed by atoms with Crippen LogP contribution in [-0.4, -0.2) is 35.1 Å². The van der Waals surface area contributed by atoms with Gasteiger partial charge in [0.15, 0.2) is 0 Å². The topological polar surface area (TPSA) is 69.6 Å². The van der Waals surface area contributed by atoms with Crippen LogP contribution < -0.4 is 5.32 Å². The lowest BCUT2D eigenvalue weighted by Gasteiger charge is -2.21. The summed E-state index contributed by atoms with van der Waals surface area (Å²) in [4.78, 5) is 24.4. The number of alkyl halides is 3. The van der Waals surface area contributed by atoms with E-state index in [0.29, 0.717) is 0 Å². The minimum Gasteiger partial charge on any atom is -0.481 e. The van der Waals surface area contributed by atoms with Crippen molar-refractivity contribution >= 4 is 17.7 Å². The summed E-state index contributed by atoms with van der Waals surface area (Å²) in [6, 6.07) is 3.92. The van der Waals surface area contributed by atoms with Crippen molar-refractivity contribution in [2.75, 3.05) is 18.4 Å². The Morgan fingerprint density at radius 2 is 1.95 bits per heavy atom. The minimum absolute atomic E-state index is 0.0393. The number of carboxylic acid groups (broad SMARTS) is 1. The van der Waals surface area contributed by atoms with Gasteiger partial charge in [-0.15, -0.1) is 0 Å². The molecule has 2 rings (SSSR count). The van der Waals surface area contributed by atoms with Gasteiger partial charge < -0.3 is 15.3 Å². The molecule has 0 aliphatic carbocycles. The van der Waals surface area contributed by atoms with Crippen LogP contribution in [-0.2, 0) is 11.0 Å². The Morgan fingerprint density at radius 3 is 2.50 bits per heavy atom. The molecule has 0 bridgehead atoms. The zero-order valence-electron chi connectivity index (χ0n) is 11.8. The third-order valence-electron chi connectivity index (χ3n) is 3.75. The Kier molecular flexibility index (Phi) is 4.04. The number of carboxylic acids is 1. The summed E-state index contributed by atoms with van der Waals surface area (Å²) in [5.74, 6) is -1.03. The zero-order chi connectivity index (χ0) is 16.5. The van der Waals surface area contributed by atoms with E-state index in [4.69, 9.17) is 5.11 Å². The van der Waals surface area contributed by atoms with Crippen molar-refractivity contribution in [3.05, 3.63) is 29.8 Å². The number of aliphatic carboxylic acids is 1. The summed E-state index contributed by atoms with van der Waals surface area (Å²) in [5.41, 5.74) is -2.35. The van der Waals surface area contributed by atoms with Crippen molar-refractivity contribution in [1.82, 2.24) is 4.90 Å². The standard InChI is InChI=1S/C14H15F3N2O3/c1-13(11(20)21)6-7-19(8-13)12(22)18-10-5-3-2-4-9(10)14(15,16)17/h2-5H,6-8H2,1H3,(H,18,22)(H,20,21). The van der Waals surface area contributed by atoms with Gasteiger partial charge in [-0.3, -0.25) is 4.79 Å². The molecule has 1 aromatic carbocycles. The van der Waals surface area contributed by atoms with Crippen LogP contribution in [0.3, 0.4) is 0 Å². The molecule has 0 saturated carbocycles. The van der Waals surface area contributed by atoms with Crippen molar-refractivity contribution in [3.63, 3.8) is 0 Å². The molecule has 1 unspecified atom stereocenters. The van der Waals surface area contributed by atoms with E-state index in [0.717, 1.165) is 12.1 Å². The summed E-state index contributed by atoms with van der Waals surface area (Å²) < 4.78 is 38.6. The first-order valence-corrected chi connectivity index (χ1v) is 6.59. The second kappa shape index (κ2) is 5.51. The Labute approximate surface area is 124 Å². The minimum atomic E-state index is -4.58. The highest BCUT2D eigenvalue weighted by Crippen LogP contribution is 2.35. The molecule has 120 valence electrons. The number of nitrogens with one attached hydrogen (secondary N) is 1. The number of anilines is 1. The van der Waals surface area contributed by atoms with Gasteiger partial charge in [0.2, 0.25) is 0 Å². The number of nitrogens with zero attached hydrogens (tertiary/aromatic N) is 1. The lowest BCUT2D eigenvalue weighted by atomic mass is 9.90. The van der Waals surface area contributed by atoms with Crippen LogP contribution in [0.5, 0.6) is 0 Å². The number of hydrogen-bond donors (Lipinski definition) is 2. The van der Waals surface area contributed by atoms with Crippen molar-refractivity contribution in [1.29, 1.82) is 0 Å². The zero-order valence-corrected chi connectivity index (χ0v) is 11.8. The first kappa shape index (κ1) is 16.1. The van der Waals surface area contributed by atoms with Crippen LogP contribution in [0.25, 0.3) is 0 Å². The Morgan fingerprint density at radius 1 is 1.32 bits per heavy atom. The van der Waals surface area contributed by atoms with E-state index in [1.165, 1.54) is 24.0 Å². The van der Waals surface area contributed by atoms with Crippen molar-refractivity contribution < 1.29 is 27.9 Å². The first-order chi connectivity index (χ1) is 10.1. The first-order valence-electron chi connectivity index (χ1n) is 6.59. The molecule has 5 nitrogen and oxygen atoms in total. The van der Waals surface area contributed by atoms with Gasteiger partial charge in [0, 0.05) is 13.1 Å². The molecule has 1 saturated heterocycles. The number of rotatable bonds is 2. The van der Waals surface area contributed by atoms with Crippen molar-refractivity contribution in [3.8, 4) is 0 Å². The van der Waals surface area contributed by atoms with E-state index in [1.54, 1.807) is 0 Å². The average molecular weight is 316 g/mol. The molecule has 2 N–H and O–H groups in total. The largest absolute Gasteiger partial charge is 0.481 e. The summed E-state index contributed by atoms with van der Waals surface area (Å²) in [6.45, 7) is 1.65. The fraction of sp³-hybridized carbons (Fsp3) is 0.429. The van der Waals surface area contributed by atoms with Crippen LogP contribution in [0.15, 0.2) is 24.3 Å². The fourth-order valence-electron chi connectivity index (χ4n) is 2.34. The number of amides is 2. The third kappa shape index (κ3) is 3.15. The van der Waals surface area contributed by atoms with E-state index in [1.807, 2.05) is 0 Å². The maximum absolute atomic E-state index is 12.9. The summed E-state index contributed by atoms with van der Waals surface area (Å²) in [6.07, 6.45) is -4.32. The van der Waals surface area contributed by atoms with E-state index in [-0.39, 0.29) is 25.2 Å². The highest BCUT2D eigenvalue weighted by atomic mass is 19.4. The monoisotopic (exact) mass is 316 g/mol. The number of likely N-dealkylation sites (tertiary alicyclic amines) is 1. The second-order valence-corrected chi connectivity index (χ2v) is 5.51. The summed E-state index contributed by atoms with van der Waals surface area (Å²) in [7, 11) is 0. The fourth-order valence-corrected chi connectivity index (χ4v) is 2.34. The van der Waals surface area contributed by atoms with Gasteiger partial charge in [-0.25, -0.2) is 4.79 Å². The Balaban J connectivity index is 2.13. The van der Waals surface area contributed by atoms with Crippen LogP contribution in [0, 0.1) is 5.41 Å². The molecule has 1 aliphatic rings. The normalized spacial score (nSPS) is 21.7. The molecule has 1 fully saturated rings. The van der Waals surface area contributed by atoms with Crippen LogP contribution in [0.4, 0.5) is 23.7 Å². The van der Waals surface area contributed by atoms with Crippen LogP contribution in [0.1, 0.15) is 18.9 Å². The molecule has 22 heavy (non-hydrogen) atoms. The van der Waals surface area contributed by atoms with Gasteiger partial charge in [-0.2, -0.15) is 13.2 Å². The highest BCUT2D eigenvalue weighted by Gasteiger charge is 2.42. The maximum Gasteiger partial charge on any atom is 0.418 e. The van der Waals surface area contributed by atoms with E-state index < -0.39 is 29.2 Å². The number of benzene rings is 1. The summed E-state index contributed by atoms with van der Waals surface area (Å²) >= 11 is 0. The molecule has 2 amide bonds. The molecular formula is C14H15F3N2O3. The lowest BCUT2D eigenvalue weighted by Crippen LogP contribution is -2.37. The second-order valence-electron chi connectivity index (χ2n) is 5.51. The Bertz CT molecular complexity index is 603. The number of urea groups is 1. The van der Waals surface area contributed by atoms with E-state index in [2.05, 4.69) is 5.32 Å². The van der Waals surface area contributed by atoms with Gasteiger partial charge >= 0.3 is 18.2 Å². The molecule has 0 aromatic heterocycles. The lowest BCUT2D eigenvalue weighted by molar-refractivity contribution is -0.147. The maximum atomic E-state index is 12.9. The highest BCUT2D eigenvalue weighted by molar-refractivity contribution is 5.91. The predicted molar refractivity (Wildman–Crippen MR) is 72.4 cm³/mol. The van der Waals surface area contributed by atoms with Crippen LogP contribution >= 0.6 is 0 Å². The quantitative estimate of drug-likeness (QED) is 0.881. The van der Waals surface area contributed by atoms with Gasteiger partial charge in [-0.1, -0.05) is 12.1 Å². The molecule has 0 spiro atoms. The molecule has 1 aliphatic heterocycles. The van der Waals surface area contributed by atoms with E-state index in [9.17, 15) is 22.8 Å². The van der Waals surface area contributed by atoms with Crippen LogP contribution in [0.2, 0.25) is 0 Å². The smallest absolute Gasteiger partial charge is 0.418 e. The molecular weight excluding hydrogens is 301 g/mol. The number of carbonyl (C=O) groups is 2. The van der Waals surface area contributed by atoms with Gasteiger partial charge in [0.25, 0.3) is 0 Å². The third-order valence-corrected chi connectivity index (χ3v) is 3.75. The van der Waals surface area contributed by atoms with Crippen molar-refractivity contribution in [2.24, 2.45) is 5.41 Å². The molecule has 1 heterocycles. The van der Waals surface area contributed by atoms with Gasteiger partial charge in [0.05, 0.1) is 16.7 Å². The number of carbonyl (C=O) groups excluding carboxylic acids is 1. The SMILES string of the molecule is CC1(C(=O)O)CCN(C(=O)Nc2ccccc2C(F)(F)F)C1. The average Bonchev–Trinajstić information content (AvgIpc) is 2.82.